The SMILES string of the molecule is NC(=O)c1cc(CC2CN(c3ccccc3N)C(=O)O2)c(Cl)s1. The number of nitrogens with zero attached hydrogens (tertiary/aromatic N) is 1. The summed E-state index contributed by atoms with van der Waals surface area (Å²) in [7, 11) is 0. The number of ether oxygens (including phenoxy) is 1. The smallest absolute Gasteiger partial charge is 0.414 e. The van der Waals surface area contributed by atoms with Crippen molar-refractivity contribution >= 4 is 46.3 Å². The summed E-state index contributed by atoms with van der Waals surface area (Å²) in [5, 5.41) is 0. The summed E-state index contributed by atoms with van der Waals surface area (Å²) in [6.45, 7) is 0.366. The molecule has 1 aromatic carbocycles. The average molecular weight is 352 g/mol. The fraction of sp³-hybridized carbons (Fsp3) is 0.200. The molecule has 2 aromatic rings. The molecule has 0 bridgehead atoms. The molecule has 2 amide bonds. The van der Waals surface area contributed by atoms with Crippen LogP contribution in [0.4, 0.5) is 16.2 Å². The van der Waals surface area contributed by atoms with E-state index in [4.69, 9.17) is 27.8 Å². The number of hydrogen-bond acceptors (Lipinski definition) is 5. The van der Waals surface area contributed by atoms with Gasteiger partial charge in [-0.05, 0) is 23.8 Å². The van der Waals surface area contributed by atoms with Crippen molar-refractivity contribution in [1.82, 2.24) is 0 Å². The standard InChI is InChI=1S/C15H14ClN3O3S/c16-13-8(6-12(23-13)14(18)20)5-9-7-19(15(21)22-9)11-4-2-1-3-10(11)17/h1-4,6,9H,5,7,17H2,(H2,18,20). The summed E-state index contributed by atoms with van der Waals surface area (Å²) >= 11 is 7.24. The van der Waals surface area contributed by atoms with Crippen molar-refractivity contribution < 1.29 is 14.3 Å². The molecule has 1 aliphatic heterocycles. The van der Waals surface area contributed by atoms with Crippen molar-refractivity contribution in [1.29, 1.82) is 0 Å². The first-order valence-electron chi connectivity index (χ1n) is 6.86. The van der Waals surface area contributed by atoms with Crippen LogP contribution in [-0.4, -0.2) is 24.6 Å². The zero-order valence-corrected chi connectivity index (χ0v) is 13.6. The van der Waals surface area contributed by atoms with E-state index in [2.05, 4.69) is 0 Å². The number of carbonyl (C=O) groups is 2. The van der Waals surface area contributed by atoms with Gasteiger partial charge in [0.05, 0.1) is 27.1 Å². The number of hydrogen-bond donors (Lipinski definition) is 2. The summed E-state index contributed by atoms with van der Waals surface area (Å²) in [4.78, 5) is 25.1. The number of nitrogen functional groups attached to an aromatic ring is 1. The van der Waals surface area contributed by atoms with Gasteiger partial charge in [-0.1, -0.05) is 23.7 Å². The van der Waals surface area contributed by atoms with E-state index in [9.17, 15) is 9.59 Å². The van der Waals surface area contributed by atoms with Crippen LogP contribution in [0.3, 0.4) is 0 Å². The summed E-state index contributed by atoms with van der Waals surface area (Å²) in [5.41, 5.74) is 13.0. The molecule has 0 saturated carbocycles. The van der Waals surface area contributed by atoms with Gasteiger partial charge >= 0.3 is 6.09 Å². The van der Waals surface area contributed by atoms with Crippen molar-refractivity contribution in [2.75, 3.05) is 17.2 Å². The fourth-order valence-corrected chi connectivity index (χ4v) is 3.62. The van der Waals surface area contributed by atoms with Crippen molar-refractivity contribution in [2.24, 2.45) is 5.73 Å². The zero-order chi connectivity index (χ0) is 16.6. The van der Waals surface area contributed by atoms with E-state index < -0.39 is 12.0 Å². The molecule has 1 aromatic heterocycles. The van der Waals surface area contributed by atoms with Gasteiger partial charge < -0.3 is 16.2 Å². The molecule has 0 radical (unpaired) electrons. The van der Waals surface area contributed by atoms with Crippen molar-refractivity contribution in [3.8, 4) is 0 Å². The molecule has 1 saturated heterocycles. The van der Waals surface area contributed by atoms with Gasteiger partial charge in [0.2, 0.25) is 0 Å². The van der Waals surface area contributed by atoms with Crippen LogP contribution in [0.5, 0.6) is 0 Å². The predicted molar refractivity (Wildman–Crippen MR) is 90.0 cm³/mol. The van der Waals surface area contributed by atoms with Gasteiger partial charge in [0.1, 0.15) is 6.10 Å². The van der Waals surface area contributed by atoms with Crippen LogP contribution in [0.1, 0.15) is 15.2 Å². The Kier molecular flexibility index (Phi) is 4.14. The minimum absolute atomic E-state index is 0.366. The van der Waals surface area contributed by atoms with Crippen molar-refractivity contribution in [2.45, 2.75) is 12.5 Å². The Balaban J connectivity index is 1.76. The van der Waals surface area contributed by atoms with E-state index >= 15 is 0 Å². The molecule has 23 heavy (non-hydrogen) atoms. The number of anilines is 2. The zero-order valence-electron chi connectivity index (χ0n) is 12.0. The molecule has 3 rings (SSSR count). The highest BCUT2D eigenvalue weighted by Gasteiger charge is 2.34. The highest BCUT2D eigenvalue weighted by Crippen LogP contribution is 2.32. The highest BCUT2D eigenvalue weighted by molar-refractivity contribution is 7.18. The number of cyclic esters (lactones) is 1. The lowest BCUT2D eigenvalue weighted by molar-refractivity contribution is 0.100. The van der Waals surface area contributed by atoms with Gasteiger partial charge in [0, 0.05) is 6.42 Å². The predicted octanol–water partition coefficient (Wildman–Crippen LogP) is 2.65. The van der Waals surface area contributed by atoms with E-state index in [0.717, 1.165) is 16.9 Å². The molecule has 0 aliphatic carbocycles. The number of rotatable bonds is 4. The Morgan fingerprint density at radius 2 is 2.17 bits per heavy atom. The maximum absolute atomic E-state index is 12.1. The molecular formula is C15H14ClN3O3S. The van der Waals surface area contributed by atoms with Gasteiger partial charge in [-0.25, -0.2) is 4.79 Å². The first-order chi connectivity index (χ1) is 11.0. The second-order valence-electron chi connectivity index (χ2n) is 5.15. The van der Waals surface area contributed by atoms with Gasteiger partial charge in [-0.2, -0.15) is 0 Å². The van der Waals surface area contributed by atoms with Crippen molar-refractivity contribution in [3.63, 3.8) is 0 Å². The van der Waals surface area contributed by atoms with Gasteiger partial charge in [0.15, 0.2) is 0 Å². The number of benzene rings is 1. The summed E-state index contributed by atoms with van der Waals surface area (Å²) < 4.78 is 5.85. The molecule has 2 heterocycles. The van der Waals surface area contributed by atoms with E-state index in [-0.39, 0.29) is 6.10 Å². The topological polar surface area (TPSA) is 98.7 Å². The largest absolute Gasteiger partial charge is 0.444 e. The van der Waals surface area contributed by atoms with Crippen molar-refractivity contribution in [3.05, 3.63) is 45.1 Å². The molecule has 0 spiro atoms. The number of amides is 2. The molecule has 1 unspecified atom stereocenters. The molecule has 4 N–H and O–H groups in total. The number of halogens is 1. The Labute approximate surface area is 141 Å². The van der Waals surface area contributed by atoms with Crippen LogP contribution in [0, 0.1) is 0 Å². The fourth-order valence-electron chi connectivity index (χ4n) is 2.47. The van der Waals surface area contributed by atoms with E-state index in [1.165, 1.54) is 4.90 Å². The molecule has 1 aliphatic rings. The third-order valence-electron chi connectivity index (χ3n) is 3.55. The third kappa shape index (κ3) is 3.11. The van der Waals surface area contributed by atoms with E-state index in [0.29, 0.717) is 33.6 Å². The lowest BCUT2D eigenvalue weighted by Crippen LogP contribution is -2.25. The molecule has 120 valence electrons. The van der Waals surface area contributed by atoms with E-state index in [1.807, 2.05) is 0 Å². The Morgan fingerprint density at radius 3 is 2.83 bits per heavy atom. The number of para-hydroxylation sites is 2. The highest BCUT2D eigenvalue weighted by atomic mass is 35.5. The molecule has 6 nitrogen and oxygen atoms in total. The lowest BCUT2D eigenvalue weighted by atomic mass is 10.1. The average Bonchev–Trinajstić information content (AvgIpc) is 3.04. The third-order valence-corrected chi connectivity index (χ3v) is 5.00. The maximum atomic E-state index is 12.1. The first kappa shape index (κ1) is 15.6. The number of nitrogens with two attached hydrogens (primary N) is 2. The quantitative estimate of drug-likeness (QED) is 0.827. The van der Waals surface area contributed by atoms with Crippen LogP contribution in [0.25, 0.3) is 0 Å². The maximum Gasteiger partial charge on any atom is 0.414 e. The summed E-state index contributed by atoms with van der Waals surface area (Å²) in [6, 6.07) is 8.74. The Morgan fingerprint density at radius 1 is 1.43 bits per heavy atom. The van der Waals surface area contributed by atoms with Crippen LogP contribution >= 0.6 is 22.9 Å². The molecule has 1 fully saturated rings. The minimum atomic E-state index is -0.523. The second-order valence-corrected chi connectivity index (χ2v) is 6.81. The normalized spacial score (nSPS) is 17.3. The Hall–Kier alpha value is -2.25. The van der Waals surface area contributed by atoms with Crippen LogP contribution < -0.4 is 16.4 Å². The Bertz CT molecular complexity index is 777. The molecule has 1 atom stereocenters. The van der Waals surface area contributed by atoms with Gasteiger partial charge in [0.25, 0.3) is 5.91 Å². The number of primary amides is 1. The molecular weight excluding hydrogens is 338 g/mol. The van der Waals surface area contributed by atoms with Crippen LogP contribution in [0.2, 0.25) is 4.34 Å². The monoisotopic (exact) mass is 351 g/mol. The first-order valence-corrected chi connectivity index (χ1v) is 8.06. The minimum Gasteiger partial charge on any atom is -0.444 e. The lowest BCUT2D eigenvalue weighted by Gasteiger charge is -2.14. The van der Waals surface area contributed by atoms with Gasteiger partial charge in [-0.3, -0.25) is 9.69 Å². The number of carbonyl (C=O) groups excluding carboxylic acids is 2. The number of thiophene rings is 1. The summed E-state index contributed by atoms with van der Waals surface area (Å²) in [5.74, 6) is -0.523. The second kappa shape index (κ2) is 6.10. The van der Waals surface area contributed by atoms with Gasteiger partial charge in [-0.15, -0.1) is 11.3 Å². The summed E-state index contributed by atoms with van der Waals surface area (Å²) in [6.07, 6.45) is -0.401. The van der Waals surface area contributed by atoms with Crippen LogP contribution in [0.15, 0.2) is 30.3 Å². The van der Waals surface area contributed by atoms with Crippen LogP contribution in [-0.2, 0) is 11.2 Å². The van der Waals surface area contributed by atoms with E-state index in [1.54, 1.807) is 30.3 Å². The molecule has 8 heteroatoms.